The lowest BCUT2D eigenvalue weighted by molar-refractivity contribution is 0.122. The van der Waals surface area contributed by atoms with Gasteiger partial charge in [-0.2, -0.15) is 0 Å². The molecule has 1 aromatic heterocycles. The molecule has 1 N–H and O–H groups in total. The molecule has 0 aliphatic carbocycles. The summed E-state index contributed by atoms with van der Waals surface area (Å²) < 4.78 is 0. The van der Waals surface area contributed by atoms with Crippen molar-refractivity contribution in [2.24, 2.45) is 0 Å². The Labute approximate surface area is 95.4 Å². The first-order chi connectivity index (χ1) is 7.15. The molecule has 1 saturated heterocycles. The van der Waals surface area contributed by atoms with Gasteiger partial charge in [0.1, 0.15) is 11.0 Å². The van der Waals surface area contributed by atoms with Crippen molar-refractivity contribution >= 4 is 17.4 Å². The van der Waals surface area contributed by atoms with Crippen LogP contribution in [0.2, 0.25) is 5.15 Å². The van der Waals surface area contributed by atoms with Gasteiger partial charge in [0.2, 0.25) is 0 Å². The largest absolute Gasteiger partial charge is 0.365 e. The smallest absolute Gasteiger partial charge is 0.131 e. The molecule has 0 spiro atoms. The summed E-state index contributed by atoms with van der Waals surface area (Å²) in [6.07, 6.45) is 0. The van der Waals surface area contributed by atoms with E-state index < -0.39 is 0 Å². The fraction of sp³-hybridized carbons (Fsp3) is 0.545. The molecule has 1 aromatic rings. The van der Waals surface area contributed by atoms with Crippen LogP contribution in [0, 0.1) is 0 Å². The fourth-order valence-electron chi connectivity index (χ4n) is 1.72. The molecule has 15 heavy (non-hydrogen) atoms. The summed E-state index contributed by atoms with van der Waals surface area (Å²) in [5.41, 5.74) is 0. The quantitative estimate of drug-likeness (QED) is 0.800. The van der Waals surface area contributed by atoms with E-state index >= 15 is 0 Å². The van der Waals surface area contributed by atoms with Crippen LogP contribution in [0.15, 0.2) is 18.2 Å². The second-order valence-electron chi connectivity index (χ2n) is 4.23. The molecule has 82 valence electrons. The first-order valence-electron chi connectivity index (χ1n) is 5.28. The molecular formula is C11H16ClN3. The highest BCUT2D eigenvalue weighted by Crippen LogP contribution is 2.17. The van der Waals surface area contributed by atoms with Crippen molar-refractivity contribution in [1.29, 1.82) is 0 Å². The zero-order valence-electron chi connectivity index (χ0n) is 9.07. The summed E-state index contributed by atoms with van der Waals surface area (Å²) in [6.45, 7) is 6.61. The molecule has 0 aromatic carbocycles. The van der Waals surface area contributed by atoms with E-state index in [1.165, 1.54) is 0 Å². The van der Waals surface area contributed by atoms with Crippen molar-refractivity contribution in [1.82, 2.24) is 9.88 Å². The average Bonchev–Trinajstić information content (AvgIpc) is 2.10. The molecule has 0 amide bonds. The summed E-state index contributed by atoms with van der Waals surface area (Å²) in [6, 6.07) is 6.79. The fourth-order valence-corrected chi connectivity index (χ4v) is 1.89. The highest BCUT2D eigenvalue weighted by atomic mass is 35.5. The summed E-state index contributed by atoms with van der Waals surface area (Å²) in [4.78, 5) is 6.62. The Hall–Kier alpha value is -0.800. The van der Waals surface area contributed by atoms with Crippen molar-refractivity contribution in [3.63, 3.8) is 0 Å². The minimum atomic E-state index is 0.512. The Morgan fingerprint density at radius 3 is 2.80 bits per heavy atom. The van der Waals surface area contributed by atoms with Gasteiger partial charge in [0, 0.05) is 19.1 Å². The van der Waals surface area contributed by atoms with Gasteiger partial charge >= 0.3 is 0 Å². The van der Waals surface area contributed by atoms with E-state index in [-0.39, 0.29) is 0 Å². The van der Waals surface area contributed by atoms with Crippen molar-refractivity contribution in [2.75, 3.05) is 18.4 Å². The third kappa shape index (κ3) is 2.61. The lowest BCUT2D eigenvalue weighted by atomic mass is 10.1. The maximum atomic E-state index is 5.81. The van der Waals surface area contributed by atoms with Gasteiger partial charge in [0.15, 0.2) is 0 Å². The number of nitrogens with one attached hydrogen (secondary N) is 1. The van der Waals surface area contributed by atoms with Crippen LogP contribution in [0.3, 0.4) is 0 Å². The van der Waals surface area contributed by atoms with E-state index in [2.05, 4.69) is 29.0 Å². The summed E-state index contributed by atoms with van der Waals surface area (Å²) in [5.74, 6) is 0.871. The zero-order chi connectivity index (χ0) is 10.8. The Bertz CT molecular complexity index is 334. The summed E-state index contributed by atoms with van der Waals surface area (Å²) >= 11 is 5.81. The molecule has 0 atom stereocenters. The van der Waals surface area contributed by atoms with Gasteiger partial charge in [-0.15, -0.1) is 0 Å². The normalized spacial score (nSPS) is 17.9. The Morgan fingerprint density at radius 2 is 2.20 bits per heavy atom. The number of anilines is 1. The van der Waals surface area contributed by atoms with Crippen molar-refractivity contribution < 1.29 is 0 Å². The molecule has 0 radical (unpaired) electrons. The number of hydrogen-bond acceptors (Lipinski definition) is 3. The lowest BCUT2D eigenvalue weighted by Gasteiger charge is -2.42. The number of likely N-dealkylation sites (tertiary alicyclic amines) is 1. The first kappa shape index (κ1) is 10.7. The van der Waals surface area contributed by atoms with Crippen LogP contribution in [0.25, 0.3) is 0 Å². The van der Waals surface area contributed by atoms with Gasteiger partial charge in [-0.1, -0.05) is 17.7 Å². The average molecular weight is 226 g/mol. The second-order valence-corrected chi connectivity index (χ2v) is 4.62. The molecule has 3 nitrogen and oxygen atoms in total. The monoisotopic (exact) mass is 225 g/mol. The molecule has 1 aliphatic rings. The SMILES string of the molecule is CC(C)N1CC(Nc2cccc(Cl)n2)C1. The maximum Gasteiger partial charge on any atom is 0.131 e. The van der Waals surface area contributed by atoms with Crippen LogP contribution >= 0.6 is 11.6 Å². The van der Waals surface area contributed by atoms with Gasteiger partial charge in [-0.3, -0.25) is 4.90 Å². The number of aromatic nitrogens is 1. The molecule has 4 heteroatoms. The third-order valence-electron chi connectivity index (χ3n) is 2.71. The van der Waals surface area contributed by atoms with Gasteiger partial charge in [-0.05, 0) is 26.0 Å². The standard InChI is InChI=1S/C11H16ClN3/c1-8(2)15-6-9(7-15)13-11-5-3-4-10(12)14-11/h3-5,8-9H,6-7H2,1-2H3,(H,13,14). The van der Waals surface area contributed by atoms with Gasteiger partial charge in [0.25, 0.3) is 0 Å². The first-order valence-corrected chi connectivity index (χ1v) is 5.66. The van der Waals surface area contributed by atoms with Crippen LogP contribution in [0.4, 0.5) is 5.82 Å². The zero-order valence-corrected chi connectivity index (χ0v) is 9.83. The Balaban J connectivity index is 1.85. The molecule has 2 heterocycles. The molecule has 1 fully saturated rings. The van der Waals surface area contributed by atoms with E-state index in [1.54, 1.807) is 6.07 Å². The van der Waals surface area contributed by atoms with Crippen LogP contribution < -0.4 is 5.32 Å². The minimum absolute atomic E-state index is 0.512. The van der Waals surface area contributed by atoms with Crippen molar-refractivity contribution in [3.05, 3.63) is 23.4 Å². The number of pyridine rings is 1. The van der Waals surface area contributed by atoms with E-state index in [1.807, 2.05) is 12.1 Å². The molecule has 1 aliphatic heterocycles. The van der Waals surface area contributed by atoms with E-state index in [4.69, 9.17) is 11.6 Å². The lowest BCUT2D eigenvalue weighted by Crippen LogP contribution is -2.57. The molecule has 0 unspecified atom stereocenters. The number of halogens is 1. The highest BCUT2D eigenvalue weighted by Gasteiger charge is 2.28. The molecule has 0 saturated carbocycles. The predicted octanol–water partition coefficient (Wildman–Crippen LogP) is 2.24. The van der Waals surface area contributed by atoms with Crippen LogP contribution in [-0.4, -0.2) is 35.1 Å². The molecular weight excluding hydrogens is 210 g/mol. The topological polar surface area (TPSA) is 28.2 Å². The molecule has 0 bridgehead atoms. The van der Waals surface area contributed by atoms with Crippen molar-refractivity contribution in [2.45, 2.75) is 25.9 Å². The van der Waals surface area contributed by atoms with E-state index in [9.17, 15) is 0 Å². The minimum Gasteiger partial charge on any atom is -0.365 e. The van der Waals surface area contributed by atoms with E-state index in [0.717, 1.165) is 18.9 Å². The number of rotatable bonds is 3. The van der Waals surface area contributed by atoms with Crippen LogP contribution in [0.5, 0.6) is 0 Å². The van der Waals surface area contributed by atoms with Gasteiger partial charge < -0.3 is 5.32 Å². The summed E-state index contributed by atoms with van der Waals surface area (Å²) in [5, 5.41) is 3.91. The van der Waals surface area contributed by atoms with Crippen molar-refractivity contribution in [3.8, 4) is 0 Å². The maximum absolute atomic E-state index is 5.81. The highest BCUT2D eigenvalue weighted by molar-refractivity contribution is 6.29. The third-order valence-corrected chi connectivity index (χ3v) is 2.92. The van der Waals surface area contributed by atoms with Gasteiger partial charge in [-0.25, -0.2) is 4.98 Å². The van der Waals surface area contributed by atoms with E-state index in [0.29, 0.717) is 17.2 Å². The Kier molecular flexibility index (Phi) is 3.12. The summed E-state index contributed by atoms with van der Waals surface area (Å²) in [7, 11) is 0. The van der Waals surface area contributed by atoms with Crippen LogP contribution in [0.1, 0.15) is 13.8 Å². The van der Waals surface area contributed by atoms with Crippen LogP contribution in [-0.2, 0) is 0 Å². The number of nitrogens with zero attached hydrogens (tertiary/aromatic N) is 2. The second kappa shape index (κ2) is 4.37. The molecule has 2 rings (SSSR count). The van der Waals surface area contributed by atoms with Gasteiger partial charge in [0.05, 0.1) is 6.04 Å². The predicted molar refractivity (Wildman–Crippen MR) is 63.4 cm³/mol. The Morgan fingerprint density at radius 1 is 1.47 bits per heavy atom. The number of hydrogen-bond donors (Lipinski definition) is 1.